The fraction of sp³-hybridized carbons (Fsp3) is 0.267. The van der Waals surface area contributed by atoms with E-state index in [-0.39, 0.29) is 31.3 Å². The third kappa shape index (κ3) is 19.1. The average Bonchev–Trinajstić information content (AvgIpc) is 2.95. The third-order valence-electron chi connectivity index (χ3n) is 1.42. The molecular formula is C15H19OSc-. The van der Waals surface area contributed by atoms with E-state index in [1.807, 2.05) is 91.3 Å². The van der Waals surface area contributed by atoms with E-state index in [0.717, 1.165) is 0 Å². The molecule has 0 N–H and O–H groups in total. The molecule has 0 saturated heterocycles. The van der Waals surface area contributed by atoms with Gasteiger partial charge in [0.25, 0.3) is 0 Å². The van der Waals surface area contributed by atoms with Gasteiger partial charge in [-0.15, -0.1) is 5.41 Å². The average molecular weight is 260 g/mol. The van der Waals surface area contributed by atoms with E-state index < -0.39 is 0 Å². The number of rotatable bonds is 0. The van der Waals surface area contributed by atoms with Crippen LogP contribution >= 0.6 is 0 Å². The predicted molar refractivity (Wildman–Crippen MR) is 68.1 cm³/mol. The van der Waals surface area contributed by atoms with Crippen molar-refractivity contribution in [3.05, 3.63) is 64.2 Å². The van der Waals surface area contributed by atoms with Crippen molar-refractivity contribution in [3.63, 3.8) is 0 Å². The van der Waals surface area contributed by atoms with E-state index in [9.17, 15) is 4.79 Å². The maximum absolute atomic E-state index is 9.70. The molecule has 0 heterocycles. The van der Waals surface area contributed by atoms with Crippen LogP contribution in [0, 0.1) is 69.6 Å². The molecule has 11 radical (unpaired) electrons. The van der Waals surface area contributed by atoms with Gasteiger partial charge in [0.2, 0.25) is 0 Å². The molecule has 0 unspecified atom stereocenters. The summed E-state index contributed by atoms with van der Waals surface area (Å²) in [5.74, 6) is 0. The van der Waals surface area contributed by atoms with Crippen molar-refractivity contribution >= 4 is 6.29 Å². The minimum atomic E-state index is -0.264. The molecule has 2 fully saturated rings. The van der Waals surface area contributed by atoms with Gasteiger partial charge in [0, 0.05) is 25.8 Å². The molecule has 0 aromatic carbocycles. The molecule has 0 aromatic rings. The molecule has 0 atom stereocenters. The van der Waals surface area contributed by atoms with Gasteiger partial charge < -0.3 is 4.79 Å². The Hall–Kier alpha value is 0.540. The van der Waals surface area contributed by atoms with Crippen molar-refractivity contribution in [2.45, 2.75) is 20.8 Å². The second-order valence-corrected chi connectivity index (χ2v) is 4.28. The van der Waals surface area contributed by atoms with Crippen LogP contribution in [0.3, 0.4) is 0 Å². The molecule has 0 amide bonds. The van der Waals surface area contributed by atoms with E-state index in [2.05, 4.69) is 0 Å². The van der Waals surface area contributed by atoms with Crippen LogP contribution in [0.2, 0.25) is 0 Å². The van der Waals surface area contributed by atoms with Crippen molar-refractivity contribution < 1.29 is 30.6 Å². The normalized spacial score (nSPS) is 18.1. The van der Waals surface area contributed by atoms with Crippen LogP contribution < -0.4 is 0 Å². The first kappa shape index (κ1) is 19.9. The van der Waals surface area contributed by atoms with E-state index >= 15 is 0 Å². The largest absolute Gasteiger partial charge is 0.541 e. The summed E-state index contributed by atoms with van der Waals surface area (Å²) in [5, 5.41) is 0. The zero-order valence-electron chi connectivity index (χ0n) is 10.8. The zero-order valence-corrected chi connectivity index (χ0v) is 12.6. The smallest absolute Gasteiger partial charge is 0 e. The molecule has 1 nitrogen and oxygen atoms in total. The van der Waals surface area contributed by atoms with Gasteiger partial charge in [0.15, 0.2) is 0 Å². The van der Waals surface area contributed by atoms with Crippen LogP contribution in [0.4, 0.5) is 0 Å². The minimum absolute atomic E-state index is 0. The van der Waals surface area contributed by atoms with Crippen molar-refractivity contribution in [2.24, 2.45) is 5.41 Å². The standard InChI is InChI=1S/C5H9O.2C5H5.Sc/c1-5(2,3)4-6;2*1-2-4-5-3-1;/h1-3H3;2*1-5H;/q-1;;;. The molecule has 2 aliphatic rings. The first-order chi connectivity index (χ1) is 7.56. The predicted octanol–water partition coefficient (Wildman–Crippen LogP) is 3.18. The molecule has 2 heteroatoms. The van der Waals surface area contributed by atoms with Gasteiger partial charge in [0.1, 0.15) is 0 Å². The van der Waals surface area contributed by atoms with Crippen LogP contribution in [0.1, 0.15) is 20.8 Å². The third-order valence-corrected chi connectivity index (χ3v) is 1.42. The topological polar surface area (TPSA) is 17.1 Å². The second-order valence-electron chi connectivity index (χ2n) is 4.28. The Bertz CT molecular complexity index is 128. The molecule has 2 saturated carbocycles. The molecule has 0 aliphatic heterocycles. The Kier molecular flexibility index (Phi) is 15.2. The summed E-state index contributed by atoms with van der Waals surface area (Å²) in [4.78, 5) is 9.70. The molecule has 2 rings (SSSR count). The maximum Gasteiger partial charge on any atom is 0 e. The zero-order chi connectivity index (χ0) is 12.3. The van der Waals surface area contributed by atoms with Crippen LogP contribution in [-0.2, 0) is 30.6 Å². The first-order valence-corrected chi connectivity index (χ1v) is 5.29. The Morgan fingerprint density at radius 1 is 0.647 bits per heavy atom. The molecular weight excluding hydrogens is 241 g/mol. The second kappa shape index (κ2) is 13.0. The maximum atomic E-state index is 9.70. The molecule has 0 spiro atoms. The minimum Gasteiger partial charge on any atom is -0.541 e. The van der Waals surface area contributed by atoms with E-state index in [4.69, 9.17) is 0 Å². The summed E-state index contributed by atoms with van der Waals surface area (Å²) in [6, 6.07) is 0. The van der Waals surface area contributed by atoms with Crippen LogP contribution in [0.25, 0.3) is 0 Å². The van der Waals surface area contributed by atoms with E-state index in [1.165, 1.54) is 0 Å². The fourth-order valence-electron chi connectivity index (χ4n) is 0.642. The van der Waals surface area contributed by atoms with Crippen molar-refractivity contribution in [1.82, 2.24) is 0 Å². The Morgan fingerprint density at radius 2 is 0.765 bits per heavy atom. The van der Waals surface area contributed by atoms with Gasteiger partial charge in [-0.25, -0.2) is 0 Å². The summed E-state index contributed by atoms with van der Waals surface area (Å²) in [6.07, 6.45) is 21.9. The van der Waals surface area contributed by atoms with E-state index in [1.54, 1.807) is 0 Å². The Labute approximate surface area is 127 Å². The molecule has 0 bridgehead atoms. The van der Waals surface area contributed by atoms with Crippen molar-refractivity contribution in [1.29, 1.82) is 0 Å². The van der Waals surface area contributed by atoms with Gasteiger partial charge in [-0.3, -0.25) is 6.29 Å². The quantitative estimate of drug-likeness (QED) is 0.611. The van der Waals surface area contributed by atoms with Crippen LogP contribution in [-0.4, -0.2) is 6.29 Å². The summed E-state index contributed by atoms with van der Waals surface area (Å²) >= 11 is 0. The van der Waals surface area contributed by atoms with E-state index in [0.29, 0.717) is 0 Å². The van der Waals surface area contributed by atoms with Crippen LogP contribution in [0.15, 0.2) is 0 Å². The Balaban J connectivity index is 0. The van der Waals surface area contributed by atoms with Gasteiger partial charge in [-0.05, 0) is 64.2 Å². The molecule has 17 heavy (non-hydrogen) atoms. The SMILES string of the molecule is CC(C)(C)[C-]=O.[CH]1[CH][CH][CH][CH]1.[CH]1[CH][CH][CH][CH]1.[Sc]. The van der Waals surface area contributed by atoms with Gasteiger partial charge in [-0.1, -0.05) is 20.8 Å². The number of carbonyl (C=O) groups excluding carboxylic acids is 1. The van der Waals surface area contributed by atoms with Gasteiger partial charge in [0.05, 0.1) is 0 Å². The molecule has 2 aliphatic carbocycles. The fourth-order valence-corrected chi connectivity index (χ4v) is 0.642. The molecule has 89 valence electrons. The first-order valence-electron chi connectivity index (χ1n) is 5.29. The summed E-state index contributed by atoms with van der Waals surface area (Å²) < 4.78 is 0. The summed E-state index contributed by atoms with van der Waals surface area (Å²) in [7, 11) is 0. The van der Waals surface area contributed by atoms with Gasteiger partial charge >= 0.3 is 0 Å². The van der Waals surface area contributed by atoms with Crippen LogP contribution in [0.5, 0.6) is 0 Å². The number of hydrogen-bond donors (Lipinski definition) is 0. The van der Waals surface area contributed by atoms with Gasteiger partial charge in [-0.2, -0.15) is 0 Å². The van der Waals surface area contributed by atoms with Crippen molar-refractivity contribution in [3.8, 4) is 0 Å². The van der Waals surface area contributed by atoms with Crippen molar-refractivity contribution in [2.75, 3.05) is 0 Å². The monoisotopic (exact) mass is 260 g/mol. The number of hydrogen-bond acceptors (Lipinski definition) is 1. The summed E-state index contributed by atoms with van der Waals surface area (Å²) in [6.45, 7) is 5.46. The summed E-state index contributed by atoms with van der Waals surface area (Å²) in [5.41, 5.74) is -0.264. The molecule has 0 aromatic heterocycles. The Morgan fingerprint density at radius 3 is 0.824 bits per heavy atom.